The fourth-order valence-electron chi connectivity index (χ4n) is 2.08. The summed E-state index contributed by atoms with van der Waals surface area (Å²) in [5.41, 5.74) is 0.0865. The number of hydrogen-bond acceptors (Lipinski definition) is 5. The van der Waals surface area contributed by atoms with Crippen LogP contribution in [0.1, 0.15) is 51.4 Å². The van der Waals surface area contributed by atoms with E-state index in [9.17, 15) is 19.5 Å². The molecule has 2 N–H and O–H groups in total. The Morgan fingerprint density at radius 1 is 1.23 bits per heavy atom. The first kappa shape index (κ1) is 21.6. The van der Waals surface area contributed by atoms with Crippen LogP contribution in [0.2, 0.25) is 0 Å². The number of ketones is 1. The van der Waals surface area contributed by atoms with Crippen LogP contribution in [-0.4, -0.2) is 47.1 Å². The first-order valence-electron chi connectivity index (χ1n) is 8.44. The highest BCUT2D eigenvalue weighted by Gasteiger charge is 2.24. The van der Waals surface area contributed by atoms with Gasteiger partial charge in [-0.2, -0.15) is 0 Å². The van der Waals surface area contributed by atoms with Crippen molar-refractivity contribution in [3.05, 3.63) is 29.8 Å². The quantitative estimate of drug-likeness (QED) is 0.652. The number of carboxylic acid groups (broad SMARTS) is 1. The van der Waals surface area contributed by atoms with E-state index in [4.69, 9.17) is 9.47 Å². The van der Waals surface area contributed by atoms with Crippen LogP contribution in [0.25, 0.3) is 0 Å². The van der Waals surface area contributed by atoms with Crippen molar-refractivity contribution in [1.82, 2.24) is 5.32 Å². The smallest absolute Gasteiger partial charge is 0.326 e. The fourth-order valence-corrected chi connectivity index (χ4v) is 2.08. The molecule has 1 rings (SSSR count). The number of nitrogens with one attached hydrogen (secondary N) is 1. The van der Waals surface area contributed by atoms with Crippen LogP contribution in [-0.2, 0) is 14.3 Å². The monoisotopic (exact) mass is 365 g/mol. The number of Topliss-reactive ketones (excluding diaryl/α,β-unsaturated/α-hetero) is 1. The average Bonchev–Trinajstić information content (AvgIpc) is 2.52. The number of ether oxygens (including phenoxy) is 2. The predicted molar refractivity (Wildman–Crippen MR) is 96.4 cm³/mol. The van der Waals surface area contributed by atoms with E-state index < -0.39 is 24.0 Å². The molecule has 1 aromatic rings. The van der Waals surface area contributed by atoms with Gasteiger partial charge in [0.2, 0.25) is 0 Å². The van der Waals surface area contributed by atoms with Crippen molar-refractivity contribution in [1.29, 1.82) is 0 Å². The minimum atomic E-state index is -1.14. The molecule has 2 atom stereocenters. The molecule has 0 aliphatic carbocycles. The van der Waals surface area contributed by atoms with Gasteiger partial charge in [-0.05, 0) is 46.8 Å². The molecule has 26 heavy (non-hydrogen) atoms. The van der Waals surface area contributed by atoms with E-state index in [1.54, 1.807) is 18.2 Å². The molecule has 1 aromatic carbocycles. The summed E-state index contributed by atoms with van der Waals surface area (Å²) in [7, 11) is 0. The minimum Gasteiger partial charge on any atom is -0.481 e. The summed E-state index contributed by atoms with van der Waals surface area (Å²) in [6, 6.07) is 5.40. The summed E-state index contributed by atoms with van der Waals surface area (Å²) in [5.74, 6) is -1.44. The molecule has 7 nitrogen and oxygen atoms in total. The van der Waals surface area contributed by atoms with Crippen LogP contribution in [0.15, 0.2) is 24.3 Å². The zero-order chi connectivity index (χ0) is 19.9. The Morgan fingerprint density at radius 2 is 1.88 bits per heavy atom. The molecule has 0 spiro atoms. The Bertz CT molecular complexity index is 650. The van der Waals surface area contributed by atoms with Crippen molar-refractivity contribution in [2.24, 2.45) is 0 Å². The fraction of sp³-hybridized carbons (Fsp3) is 0.526. The largest absolute Gasteiger partial charge is 0.481 e. The van der Waals surface area contributed by atoms with Crippen LogP contribution < -0.4 is 10.1 Å². The number of aliphatic carboxylic acids is 1. The third kappa shape index (κ3) is 7.65. The van der Waals surface area contributed by atoms with Crippen molar-refractivity contribution in [3.8, 4) is 5.75 Å². The number of rotatable bonds is 9. The van der Waals surface area contributed by atoms with Gasteiger partial charge in [0.25, 0.3) is 5.91 Å². The molecule has 0 saturated heterocycles. The maximum atomic E-state index is 12.2. The molecule has 2 unspecified atom stereocenters. The van der Waals surface area contributed by atoms with E-state index in [0.717, 1.165) is 0 Å². The molecular weight excluding hydrogens is 338 g/mol. The maximum absolute atomic E-state index is 12.2. The van der Waals surface area contributed by atoms with Crippen molar-refractivity contribution in [3.63, 3.8) is 0 Å². The van der Waals surface area contributed by atoms with Crippen LogP contribution in [0.4, 0.5) is 0 Å². The van der Waals surface area contributed by atoms with Gasteiger partial charge in [0.05, 0.1) is 5.60 Å². The van der Waals surface area contributed by atoms with Gasteiger partial charge in [-0.15, -0.1) is 0 Å². The summed E-state index contributed by atoms with van der Waals surface area (Å²) in [6.45, 7) is 8.76. The summed E-state index contributed by atoms with van der Waals surface area (Å²) >= 11 is 0. The molecule has 1 amide bonds. The highest BCUT2D eigenvalue weighted by molar-refractivity contribution is 5.94. The molecule has 7 heteroatoms. The first-order chi connectivity index (χ1) is 12.0. The summed E-state index contributed by atoms with van der Waals surface area (Å²) in [6.07, 6.45) is -0.771. The Hall–Kier alpha value is -2.41. The summed E-state index contributed by atoms with van der Waals surface area (Å²) < 4.78 is 11.0. The molecule has 0 aliphatic heterocycles. The molecule has 144 valence electrons. The lowest BCUT2D eigenvalue weighted by molar-refractivity contribution is -0.143. The van der Waals surface area contributed by atoms with E-state index in [2.05, 4.69) is 5.32 Å². The van der Waals surface area contributed by atoms with E-state index in [0.29, 0.717) is 11.3 Å². The normalized spacial score (nSPS) is 13.6. The second-order valence-corrected chi connectivity index (χ2v) is 6.99. The molecule has 0 saturated carbocycles. The molecule has 0 aromatic heterocycles. The molecular formula is C19H27NO6. The Morgan fingerprint density at radius 3 is 2.42 bits per heavy atom. The third-order valence-electron chi connectivity index (χ3n) is 3.48. The SMILES string of the molecule is CC(=O)c1cccc(OC(C)C(=O)NC(CCOC(C)(C)C)C(=O)O)c1. The average molecular weight is 365 g/mol. The lowest BCUT2D eigenvalue weighted by atomic mass is 10.1. The van der Waals surface area contributed by atoms with Gasteiger partial charge in [0, 0.05) is 18.6 Å². The highest BCUT2D eigenvalue weighted by Crippen LogP contribution is 2.15. The number of benzene rings is 1. The van der Waals surface area contributed by atoms with Crippen molar-refractivity contribution in [2.75, 3.05) is 6.61 Å². The molecule has 0 radical (unpaired) electrons. The number of carboxylic acids is 1. The van der Waals surface area contributed by atoms with Gasteiger partial charge in [-0.1, -0.05) is 12.1 Å². The summed E-state index contributed by atoms with van der Waals surface area (Å²) in [5, 5.41) is 11.7. The first-order valence-corrected chi connectivity index (χ1v) is 8.44. The van der Waals surface area contributed by atoms with E-state index in [1.807, 2.05) is 20.8 Å². The van der Waals surface area contributed by atoms with Gasteiger partial charge in [-0.3, -0.25) is 9.59 Å². The third-order valence-corrected chi connectivity index (χ3v) is 3.48. The number of carbonyl (C=O) groups excluding carboxylic acids is 2. The van der Waals surface area contributed by atoms with E-state index >= 15 is 0 Å². The van der Waals surface area contributed by atoms with Crippen molar-refractivity contribution in [2.45, 2.75) is 58.8 Å². The Balaban J connectivity index is 2.64. The van der Waals surface area contributed by atoms with Gasteiger partial charge in [0.15, 0.2) is 11.9 Å². The van der Waals surface area contributed by atoms with Gasteiger partial charge >= 0.3 is 5.97 Å². The van der Waals surface area contributed by atoms with Gasteiger partial charge in [-0.25, -0.2) is 4.79 Å². The zero-order valence-electron chi connectivity index (χ0n) is 15.9. The number of carbonyl (C=O) groups is 3. The molecule has 0 heterocycles. The van der Waals surface area contributed by atoms with Gasteiger partial charge < -0.3 is 19.9 Å². The highest BCUT2D eigenvalue weighted by atomic mass is 16.5. The summed E-state index contributed by atoms with van der Waals surface area (Å²) in [4.78, 5) is 35.0. The maximum Gasteiger partial charge on any atom is 0.326 e. The van der Waals surface area contributed by atoms with E-state index in [-0.39, 0.29) is 24.4 Å². The van der Waals surface area contributed by atoms with Crippen molar-refractivity contribution >= 4 is 17.7 Å². The lowest BCUT2D eigenvalue weighted by Crippen LogP contribution is -2.47. The van der Waals surface area contributed by atoms with Crippen LogP contribution in [0.3, 0.4) is 0 Å². The number of amides is 1. The number of hydrogen-bond donors (Lipinski definition) is 2. The van der Waals surface area contributed by atoms with E-state index in [1.165, 1.54) is 19.9 Å². The minimum absolute atomic E-state index is 0.114. The van der Waals surface area contributed by atoms with Gasteiger partial charge in [0.1, 0.15) is 11.8 Å². The second kappa shape index (κ2) is 9.33. The topological polar surface area (TPSA) is 102 Å². The van der Waals surface area contributed by atoms with Crippen LogP contribution in [0.5, 0.6) is 5.75 Å². The second-order valence-electron chi connectivity index (χ2n) is 6.99. The molecule has 0 aliphatic rings. The Kier molecular flexibility index (Phi) is 7.76. The molecule has 0 fully saturated rings. The Labute approximate surface area is 153 Å². The molecule has 0 bridgehead atoms. The van der Waals surface area contributed by atoms with Crippen LogP contribution in [0, 0.1) is 0 Å². The predicted octanol–water partition coefficient (Wildman–Crippen LogP) is 2.43. The van der Waals surface area contributed by atoms with Crippen molar-refractivity contribution < 1.29 is 29.0 Å². The van der Waals surface area contributed by atoms with Crippen LogP contribution >= 0.6 is 0 Å². The standard InChI is InChI=1S/C19H27NO6/c1-12(21)14-7-6-8-15(11-14)26-13(2)17(22)20-16(18(23)24)9-10-25-19(3,4)5/h6-8,11,13,16H,9-10H2,1-5H3,(H,20,22)(H,23,24). The lowest BCUT2D eigenvalue weighted by Gasteiger charge is -2.22. The zero-order valence-corrected chi connectivity index (χ0v) is 15.9.